The van der Waals surface area contributed by atoms with Crippen molar-refractivity contribution >= 4 is 27.8 Å². The van der Waals surface area contributed by atoms with Crippen LogP contribution in [-0.2, 0) is 14.3 Å². The lowest BCUT2D eigenvalue weighted by Gasteiger charge is -2.28. The lowest BCUT2D eigenvalue weighted by molar-refractivity contribution is -0.139. The van der Waals surface area contributed by atoms with E-state index in [4.69, 9.17) is 14.6 Å². The first kappa shape index (κ1) is 18.4. The van der Waals surface area contributed by atoms with Crippen LogP contribution < -0.4 is 10.1 Å². The highest BCUT2D eigenvalue weighted by atomic mass is 79.9. The highest BCUT2D eigenvalue weighted by Crippen LogP contribution is 2.21. The summed E-state index contributed by atoms with van der Waals surface area (Å²) in [5, 5.41) is 11.4. The van der Waals surface area contributed by atoms with Gasteiger partial charge in [-0.05, 0) is 25.1 Å². The Morgan fingerprint density at radius 3 is 2.68 bits per heavy atom. The van der Waals surface area contributed by atoms with Gasteiger partial charge in [-0.15, -0.1) is 0 Å². The first-order valence-electron chi connectivity index (χ1n) is 6.35. The Bertz CT molecular complexity index is 554. The Morgan fingerprint density at radius 1 is 1.45 bits per heavy atom. The van der Waals surface area contributed by atoms with E-state index in [0.717, 1.165) is 0 Å². The number of carboxylic acids is 1. The van der Waals surface area contributed by atoms with Gasteiger partial charge in [0.05, 0.1) is 18.6 Å². The molecule has 0 bridgehead atoms. The smallest absolute Gasteiger partial charge is 0.305 e. The maximum Gasteiger partial charge on any atom is 0.305 e. The van der Waals surface area contributed by atoms with Crippen molar-refractivity contribution in [3.63, 3.8) is 0 Å². The Hall–Kier alpha value is -1.67. The molecule has 1 atom stereocenters. The third-order valence-corrected chi connectivity index (χ3v) is 3.19. The summed E-state index contributed by atoms with van der Waals surface area (Å²) in [4.78, 5) is 22.7. The van der Waals surface area contributed by atoms with E-state index in [2.05, 4.69) is 21.2 Å². The minimum absolute atomic E-state index is 0.0255. The molecule has 1 aromatic rings. The topological polar surface area (TPSA) is 84.9 Å². The van der Waals surface area contributed by atoms with Gasteiger partial charge in [0, 0.05) is 11.6 Å². The second-order valence-corrected chi connectivity index (χ2v) is 5.89. The summed E-state index contributed by atoms with van der Waals surface area (Å²) in [5.41, 5.74) is -1.07. The monoisotopic (exact) mass is 377 g/mol. The molecule has 0 spiro atoms. The Labute approximate surface area is 135 Å². The molecule has 1 amide bonds. The van der Waals surface area contributed by atoms with Gasteiger partial charge < -0.3 is 19.9 Å². The average Bonchev–Trinajstić information content (AvgIpc) is 2.36. The molecule has 0 aliphatic heterocycles. The van der Waals surface area contributed by atoms with Crippen LogP contribution in [0, 0.1) is 5.82 Å². The fourth-order valence-corrected chi connectivity index (χ4v) is 2.23. The third kappa shape index (κ3) is 5.98. The number of methoxy groups -OCH3 is 1. The number of carbonyl (C=O) groups is 2. The van der Waals surface area contributed by atoms with Gasteiger partial charge >= 0.3 is 5.97 Å². The predicted molar refractivity (Wildman–Crippen MR) is 80.3 cm³/mol. The summed E-state index contributed by atoms with van der Waals surface area (Å²) in [5.74, 6) is -2.31. The minimum Gasteiger partial charge on any atom is -0.481 e. The number of nitrogens with one attached hydrogen (secondary N) is 1. The summed E-state index contributed by atoms with van der Waals surface area (Å²) in [7, 11) is 1.40. The van der Waals surface area contributed by atoms with Crippen molar-refractivity contribution in [3.8, 4) is 5.75 Å². The molecule has 0 aromatic heterocycles. The Balaban J connectivity index is 2.62. The number of amides is 1. The highest BCUT2D eigenvalue weighted by molar-refractivity contribution is 9.10. The molecule has 0 saturated carbocycles. The van der Waals surface area contributed by atoms with Crippen LogP contribution in [-0.4, -0.2) is 42.8 Å². The van der Waals surface area contributed by atoms with Crippen molar-refractivity contribution in [2.45, 2.75) is 18.9 Å². The van der Waals surface area contributed by atoms with E-state index in [0.29, 0.717) is 4.47 Å². The zero-order chi connectivity index (χ0) is 16.8. The molecule has 6 nitrogen and oxygen atoms in total. The maximum atomic E-state index is 13.5. The molecule has 0 aliphatic rings. The van der Waals surface area contributed by atoms with Crippen molar-refractivity contribution in [3.05, 3.63) is 28.5 Å². The number of ether oxygens (including phenoxy) is 2. The fourth-order valence-electron chi connectivity index (χ4n) is 1.89. The number of benzene rings is 1. The lowest BCUT2D eigenvalue weighted by Crippen LogP contribution is -2.52. The molecule has 0 heterocycles. The summed E-state index contributed by atoms with van der Waals surface area (Å²) in [6, 6.07) is 4.18. The first-order chi connectivity index (χ1) is 10.3. The van der Waals surface area contributed by atoms with E-state index in [-0.39, 0.29) is 18.8 Å². The summed E-state index contributed by atoms with van der Waals surface area (Å²) in [6.07, 6.45) is -0.306. The van der Waals surface area contributed by atoms with Gasteiger partial charge in [0.1, 0.15) is 0 Å². The van der Waals surface area contributed by atoms with Gasteiger partial charge in [0.2, 0.25) is 0 Å². The van der Waals surface area contributed by atoms with E-state index in [9.17, 15) is 14.0 Å². The van der Waals surface area contributed by atoms with E-state index in [1.54, 1.807) is 13.0 Å². The minimum atomic E-state index is -1.07. The van der Waals surface area contributed by atoms with Crippen LogP contribution in [0.3, 0.4) is 0 Å². The van der Waals surface area contributed by atoms with Crippen molar-refractivity contribution in [1.29, 1.82) is 0 Å². The molecule has 8 heteroatoms. The van der Waals surface area contributed by atoms with Gasteiger partial charge in [-0.3, -0.25) is 9.59 Å². The number of carbonyl (C=O) groups excluding carboxylic acids is 1. The van der Waals surface area contributed by atoms with Gasteiger partial charge in [0.15, 0.2) is 18.2 Å². The Kier molecular flexibility index (Phi) is 6.76. The lowest BCUT2D eigenvalue weighted by atomic mass is 9.99. The van der Waals surface area contributed by atoms with Crippen LogP contribution in [0.5, 0.6) is 5.75 Å². The quantitative estimate of drug-likeness (QED) is 0.723. The molecule has 1 unspecified atom stereocenters. The van der Waals surface area contributed by atoms with E-state index in [1.807, 2.05) is 0 Å². The second-order valence-electron chi connectivity index (χ2n) is 4.98. The molecule has 2 N–H and O–H groups in total. The SMILES string of the molecule is COCC(C)(CC(=O)O)NC(=O)COc1ccc(Br)cc1F. The van der Waals surface area contributed by atoms with Gasteiger partial charge in [-0.2, -0.15) is 0 Å². The van der Waals surface area contributed by atoms with Crippen LogP contribution in [0.15, 0.2) is 22.7 Å². The highest BCUT2D eigenvalue weighted by Gasteiger charge is 2.29. The molecule has 22 heavy (non-hydrogen) atoms. The largest absolute Gasteiger partial charge is 0.481 e. The van der Waals surface area contributed by atoms with Gasteiger partial charge in [0.25, 0.3) is 5.91 Å². The first-order valence-corrected chi connectivity index (χ1v) is 7.14. The summed E-state index contributed by atoms with van der Waals surface area (Å²) in [6.45, 7) is 1.14. The second kappa shape index (κ2) is 8.09. The third-order valence-electron chi connectivity index (χ3n) is 2.70. The molecule has 0 aliphatic carbocycles. The van der Waals surface area contributed by atoms with Crippen molar-refractivity contribution in [1.82, 2.24) is 5.32 Å². The molecule has 0 fully saturated rings. The number of halogens is 2. The standard InChI is InChI=1S/C14H17BrFNO5/c1-14(8-21-2,6-13(19)20)17-12(18)7-22-11-4-3-9(15)5-10(11)16/h3-5H,6-8H2,1-2H3,(H,17,18)(H,19,20). The van der Waals surface area contributed by atoms with Gasteiger partial charge in [-0.1, -0.05) is 15.9 Å². The number of hydrogen-bond donors (Lipinski definition) is 2. The number of carboxylic acid groups (broad SMARTS) is 1. The molecular weight excluding hydrogens is 361 g/mol. The van der Waals surface area contributed by atoms with Gasteiger partial charge in [-0.25, -0.2) is 4.39 Å². The fraction of sp³-hybridized carbons (Fsp3) is 0.429. The maximum absolute atomic E-state index is 13.5. The molecule has 0 saturated heterocycles. The van der Waals surface area contributed by atoms with E-state index < -0.39 is 29.8 Å². The van der Waals surface area contributed by atoms with E-state index >= 15 is 0 Å². The van der Waals surface area contributed by atoms with Crippen LogP contribution in [0.25, 0.3) is 0 Å². The van der Waals surface area contributed by atoms with Crippen LogP contribution in [0.2, 0.25) is 0 Å². The van der Waals surface area contributed by atoms with Crippen LogP contribution in [0.1, 0.15) is 13.3 Å². The van der Waals surface area contributed by atoms with Crippen LogP contribution >= 0.6 is 15.9 Å². The Morgan fingerprint density at radius 2 is 2.14 bits per heavy atom. The summed E-state index contributed by atoms with van der Waals surface area (Å²) >= 11 is 3.11. The molecule has 1 rings (SSSR count). The predicted octanol–water partition coefficient (Wildman–Crippen LogP) is 1.96. The van der Waals surface area contributed by atoms with Crippen LogP contribution in [0.4, 0.5) is 4.39 Å². The van der Waals surface area contributed by atoms with Crippen molar-refractivity contribution in [2.75, 3.05) is 20.3 Å². The number of aliphatic carboxylic acids is 1. The zero-order valence-corrected chi connectivity index (χ0v) is 13.8. The van der Waals surface area contributed by atoms with Crippen molar-refractivity contribution in [2.24, 2.45) is 0 Å². The van der Waals surface area contributed by atoms with E-state index in [1.165, 1.54) is 19.2 Å². The number of hydrogen-bond acceptors (Lipinski definition) is 4. The van der Waals surface area contributed by atoms with Crippen molar-refractivity contribution < 1.29 is 28.6 Å². The normalized spacial score (nSPS) is 13.3. The zero-order valence-electron chi connectivity index (χ0n) is 12.2. The molecule has 0 radical (unpaired) electrons. The average molecular weight is 378 g/mol. The number of rotatable bonds is 8. The molecule has 122 valence electrons. The molecule has 1 aromatic carbocycles. The summed E-state index contributed by atoms with van der Waals surface area (Å²) < 4.78 is 24.1. The molecular formula is C14H17BrFNO5.